The number of oxazole rings is 1. The van der Waals surface area contributed by atoms with Gasteiger partial charge >= 0.3 is 5.76 Å². The molecule has 0 aliphatic heterocycles. The minimum atomic E-state index is -0.394. The molecule has 4 aromatic rings. The quantitative estimate of drug-likeness (QED) is 0.528. The van der Waals surface area contributed by atoms with Crippen molar-refractivity contribution in [1.82, 2.24) is 9.47 Å². The van der Waals surface area contributed by atoms with E-state index in [1.54, 1.807) is 22.8 Å². The van der Waals surface area contributed by atoms with E-state index in [2.05, 4.69) is 0 Å². The van der Waals surface area contributed by atoms with Crippen LogP contribution < -0.4 is 5.76 Å². The van der Waals surface area contributed by atoms with Gasteiger partial charge in [0.2, 0.25) is 0 Å². The molecule has 0 radical (unpaired) electrons. The van der Waals surface area contributed by atoms with E-state index in [4.69, 9.17) is 4.42 Å². The van der Waals surface area contributed by atoms with E-state index in [1.807, 2.05) is 60.5 Å². The van der Waals surface area contributed by atoms with Crippen LogP contribution in [0.3, 0.4) is 0 Å². The molecular formula is C22H19FN2O2. The zero-order chi connectivity index (χ0) is 18.8. The van der Waals surface area contributed by atoms with Crippen molar-refractivity contribution in [3.63, 3.8) is 0 Å². The number of hydrogen-bond acceptors (Lipinski definition) is 3. The van der Waals surface area contributed by atoms with Gasteiger partial charge < -0.3 is 4.42 Å². The molecule has 0 saturated carbocycles. The number of fused-ring (bicyclic) bond motifs is 1. The van der Waals surface area contributed by atoms with Gasteiger partial charge in [0, 0.05) is 0 Å². The lowest BCUT2D eigenvalue weighted by Gasteiger charge is -2.29. The fourth-order valence-electron chi connectivity index (χ4n) is 3.43. The highest BCUT2D eigenvalue weighted by Gasteiger charge is 2.21. The third kappa shape index (κ3) is 3.41. The molecule has 4 rings (SSSR count). The zero-order valence-electron chi connectivity index (χ0n) is 14.9. The summed E-state index contributed by atoms with van der Waals surface area (Å²) in [6, 6.07) is 23.7. The zero-order valence-corrected chi connectivity index (χ0v) is 14.9. The van der Waals surface area contributed by atoms with Crippen molar-refractivity contribution >= 4 is 11.1 Å². The summed E-state index contributed by atoms with van der Waals surface area (Å²) in [5.74, 6) is -0.667. The minimum Gasteiger partial charge on any atom is -0.408 e. The summed E-state index contributed by atoms with van der Waals surface area (Å²) in [4.78, 5) is 14.4. The number of nitrogens with zero attached hydrogens (tertiary/aromatic N) is 2. The smallest absolute Gasteiger partial charge is 0.408 e. The number of aromatic nitrogens is 1. The lowest BCUT2D eigenvalue weighted by Crippen LogP contribution is -2.31. The van der Waals surface area contributed by atoms with Gasteiger partial charge in [0.15, 0.2) is 5.58 Å². The molecule has 0 saturated heterocycles. The molecule has 1 aromatic heterocycles. The highest BCUT2D eigenvalue weighted by atomic mass is 19.1. The van der Waals surface area contributed by atoms with Crippen LogP contribution in [0, 0.1) is 5.82 Å². The molecule has 0 N–H and O–H groups in total. The second kappa shape index (κ2) is 7.21. The van der Waals surface area contributed by atoms with Gasteiger partial charge in [0.1, 0.15) is 5.82 Å². The largest absolute Gasteiger partial charge is 0.421 e. The molecule has 1 atom stereocenters. The van der Waals surface area contributed by atoms with E-state index >= 15 is 0 Å². The molecule has 0 bridgehead atoms. The fraction of sp³-hybridized carbons (Fsp3) is 0.136. The standard InChI is InChI=1S/C22H19FN2O2/c1-24(15-25-19-9-5-6-10-20(19)27-22(25)26)21(16-7-3-2-4-8-16)17-11-13-18(23)14-12-17/h2-14,21H,15H2,1H3/t21-/m0/s1. The van der Waals surface area contributed by atoms with Crippen molar-refractivity contribution in [3.05, 3.63) is 106 Å². The Morgan fingerprint density at radius 2 is 1.56 bits per heavy atom. The van der Waals surface area contributed by atoms with E-state index in [9.17, 15) is 9.18 Å². The van der Waals surface area contributed by atoms with Crippen LogP contribution in [-0.2, 0) is 6.67 Å². The van der Waals surface area contributed by atoms with Gasteiger partial charge in [-0.2, -0.15) is 0 Å². The molecule has 1 heterocycles. The van der Waals surface area contributed by atoms with Gasteiger partial charge in [-0.25, -0.2) is 9.18 Å². The van der Waals surface area contributed by atoms with Crippen LogP contribution in [0.1, 0.15) is 17.2 Å². The number of benzene rings is 3. The van der Waals surface area contributed by atoms with Crippen molar-refractivity contribution in [2.45, 2.75) is 12.7 Å². The first-order valence-electron chi connectivity index (χ1n) is 8.72. The van der Waals surface area contributed by atoms with Gasteiger partial charge in [-0.05, 0) is 42.4 Å². The lowest BCUT2D eigenvalue weighted by molar-refractivity contribution is 0.216. The van der Waals surface area contributed by atoms with Gasteiger partial charge in [0.05, 0.1) is 18.2 Å². The summed E-state index contributed by atoms with van der Waals surface area (Å²) < 4.78 is 20.4. The molecule has 0 spiro atoms. The summed E-state index contributed by atoms with van der Waals surface area (Å²) in [7, 11) is 1.94. The van der Waals surface area contributed by atoms with Crippen LogP contribution in [0.5, 0.6) is 0 Å². The first-order valence-corrected chi connectivity index (χ1v) is 8.72. The minimum absolute atomic E-state index is 0.132. The number of para-hydroxylation sites is 2. The average molecular weight is 362 g/mol. The van der Waals surface area contributed by atoms with Crippen molar-refractivity contribution < 1.29 is 8.81 Å². The third-order valence-corrected chi connectivity index (χ3v) is 4.68. The Balaban J connectivity index is 1.74. The molecule has 0 amide bonds. The summed E-state index contributed by atoms with van der Waals surface area (Å²) in [5.41, 5.74) is 3.33. The van der Waals surface area contributed by atoms with Crippen molar-refractivity contribution in [1.29, 1.82) is 0 Å². The first kappa shape index (κ1) is 17.2. The molecule has 27 heavy (non-hydrogen) atoms. The predicted molar refractivity (Wildman–Crippen MR) is 103 cm³/mol. The Labute approximate surface area is 156 Å². The predicted octanol–water partition coefficient (Wildman–Crippen LogP) is 4.41. The maximum atomic E-state index is 13.4. The van der Waals surface area contributed by atoms with Crippen molar-refractivity contribution in [3.8, 4) is 0 Å². The molecule has 0 aliphatic rings. The van der Waals surface area contributed by atoms with Gasteiger partial charge in [-0.15, -0.1) is 0 Å². The van der Waals surface area contributed by atoms with Crippen molar-refractivity contribution in [2.24, 2.45) is 0 Å². The van der Waals surface area contributed by atoms with Gasteiger partial charge in [0.25, 0.3) is 0 Å². The van der Waals surface area contributed by atoms with Crippen LogP contribution in [0.2, 0.25) is 0 Å². The van der Waals surface area contributed by atoms with E-state index in [1.165, 1.54) is 12.1 Å². The van der Waals surface area contributed by atoms with Crippen LogP contribution >= 0.6 is 0 Å². The Morgan fingerprint density at radius 3 is 2.30 bits per heavy atom. The molecule has 4 nitrogen and oxygen atoms in total. The number of rotatable bonds is 5. The summed E-state index contributed by atoms with van der Waals surface area (Å²) >= 11 is 0. The van der Waals surface area contributed by atoms with E-state index in [0.717, 1.165) is 16.6 Å². The maximum Gasteiger partial charge on any atom is 0.421 e. The van der Waals surface area contributed by atoms with Crippen LogP contribution in [-0.4, -0.2) is 16.5 Å². The van der Waals surface area contributed by atoms with Gasteiger partial charge in [-0.3, -0.25) is 9.47 Å². The highest BCUT2D eigenvalue weighted by Crippen LogP contribution is 2.28. The highest BCUT2D eigenvalue weighted by molar-refractivity contribution is 5.72. The Morgan fingerprint density at radius 1 is 0.926 bits per heavy atom. The van der Waals surface area contributed by atoms with Gasteiger partial charge in [-0.1, -0.05) is 54.6 Å². The van der Waals surface area contributed by atoms with E-state index in [0.29, 0.717) is 12.3 Å². The summed E-state index contributed by atoms with van der Waals surface area (Å²) in [5, 5.41) is 0. The molecule has 136 valence electrons. The maximum absolute atomic E-state index is 13.4. The van der Waals surface area contributed by atoms with Crippen LogP contribution in [0.15, 0.2) is 88.1 Å². The molecule has 5 heteroatoms. The monoisotopic (exact) mass is 362 g/mol. The average Bonchev–Trinajstić information content (AvgIpc) is 3.00. The first-order chi connectivity index (χ1) is 13.1. The second-order valence-electron chi connectivity index (χ2n) is 6.53. The van der Waals surface area contributed by atoms with E-state index < -0.39 is 5.76 Å². The lowest BCUT2D eigenvalue weighted by atomic mass is 9.97. The molecule has 3 aromatic carbocycles. The fourth-order valence-corrected chi connectivity index (χ4v) is 3.43. The Kier molecular flexibility index (Phi) is 4.60. The number of halogens is 1. The van der Waals surface area contributed by atoms with Crippen molar-refractivity contribution in [2.75, 3.05) is 7.05 Å². The van der Waals surface area contributed by atoms with Crippen LogP contribution in [0.4, 0.5) is 4.39 Å². The summed E-state index contributed by atoms with van der Waals surface area (Å²) in [6.07, 6.45) is 0. The van der Waals surface area contributed by atoms with Crippen LogP contribution in [0.25, 0.3) is 11.1 Å². The molecule has 0 fully saturated rings. The topological polar surface area (TPSA) is 38.4 Å². The molecular weight excluding hydrogens is 343 g/mol. The molecule has 0 unspecified atom stereocenters. The summed E-state index contributed by atoms with van der Waals surface area (Å²) in [6.45, 7) is 0.340. The molecule has 0 aliphatic carbocycles. The third-order valence-electron chi connectivity index (χ3n) is 4.68. The van der Waals surface area contributed by atoms with E-state index in [-0.39, 0.29) is 11.9 Å². The second-order valence-corrected chi connectivity index (χ2v) is 6.53. The SMILES string of the molecule is CN(Cn1c(=O)oc2ccccc21)[C@@H](c1ccccc1)c1ccc(F)cc1. The number of hydrogen-bond donors (Lipinski definition) is 0. The normalized spacial score (nSPS) is 12.6. The Bertz CT molecular complexity index is 1100. The Hall–Kier alpha value is -3.18.